The molecule has 0 radical (unpaired) electrons. The van der Waals surface area contributed by atoms with Gasteiger partial charge < -0.3 is 10.1 Å². The Balaban J connectivity index is 1.66. The van der Waals surface area contributed by atoms with Crippen LogP contribution in [-0.4, -0.2) is 50.3 Å². The number of nitrogens with zero attached hydrogens (tertiary/aromatic N) is 1. The van der Waals surface area contributed by atoms with Gasteiger partial charge in [-0.2, -0.15) is 0 Å². The third-order valence-electron chi connectivity index (χ3n) is 4.66. The molecule has 3 heteroatoms. The van der Waals surface area contributed by atoms with E-state index in [1.807, 2.05) is 0 Å². The summed E-state index contributed by atoms with van der Waals surface area (Å²) in [4.78, 5) is 2.60. The normalized spacial score (nSPS) is 23.3. The van der Waals surface area contributed by atoms with Crippen molar-refractivity contribution in [2.24, 2.45) is 11.8 Å². The molecule has 2 atom stereocenters. The van der Waals surface area contributed by atoms with E-state index in [1.165, 1.54) is 25.7 Å². The van der Waals surface area contributed by atoms with E-state index >= 15 is 0 Å². The minimum absolute atomic E-state index is 0.713. The first kappa shape index (κ1) is 14.3. The third-order valence-corrected chi connectivity index (χ3v) is 4.66. The Morgan fingerprint density at radius 1 is 1.11 bits per heavy atom. The molecule has 0 spiro atoms. The molecular weight excluding hydrogens is 224 g/mol. The molecule has 1 N–H and O–H groups in total. The van der Waals surface area contributed by atoms with Crippen LogP contribution < -0.4 is 5.32 Å². The minimum atomic E-state index is 0.713. The van der Waals surface area contributed by atoms with Gasteiger partial charge in [0.05, 0.1) is 6.61 Å². The summed E-state index contributed by atoms with van der Waals surface area (Å²) < 4.78 is 5.24. The van der Waals surface area contributed by atoms with E-state index in [4.69, 9.17) is 4.74 Å². The van der Waals surface area contributed by atoms with E-state index in [0.717, 1.165) is 44.1 Å². The van der Waals surface area contributed by atoms with Crippen molar-refractivity contribution in [1.29, 1.82) is 0 Å². The van der Waals surface area contributed by atoms with E-state index < -0.39 is 0 Å². The molecule has 0 heterocycles. The molecule has 2 aliphatic carbocycles. The molecule has 2 aliphatic rings. The highest BCUT2D eigenvalue weighted by Crippen LogP contribution is 2.35. The summed E-state index contributed by atoms with van der Waals surface area (Å²) in [5, 5.41) is 3.68. The molecule has 0 aromatic heterocycles. The van der Waals surface area contributed by atoms with Crippen LogP contribution in [0, 0.1) is 11.8 Å². The fourth-order valence-corrected chi connectivity index (χ4v) is 2.80. The van der Waals surface area contributed by atoms with Gasteiger partial charge in [0.25, 0.3) is 0 Å². The lowest BCUT2D eigenvalue weighted by molar-refractivity contribution is 0.117. The molecule has 2 saturated carbocycles. The largest absolute Gasteiger partial charge is 0.383 e. The quantitative estimate of drug-likeness (QED) is 0.646. The third kappa shape index (κ3) is 4.52. The van der Waals surface area contributed by atoms with Crippen molar-refractivity contribution < 1.29 is 4.74 Å². The second-order valence-corrected chi connectivity index (χ2v) is 6.19. The van der Waals surface area contributed by atoms with Crippen molar-refractivity contribution in [3.63, 3.8) is 0 Å². The fourth-order valence-electron chi connectivity index (χ4n) is 2.80. The van der Waals surface area contributed by atoms with E-state index in [1.54, 1.807) is 7.11 Å². The van der Waals surface area contributed by atoms with Gasteiger partial charge in [0.1, 0.15) is 0 Å². The number of methoxy groups -OCH3 is 1. The van der Waals surface area contributed by atoms with E-state index in [2.05, 4.69) is 24.1 Å². The Hall–Kier alpha value is -0.120. The summed E-state index contributed by atoms with van der Waals surface area (Å²) in [5.41, 5.74) is 0. The predicted octanol–water partition coefficient (Wildman–Crippen LogP) is 2.12. The first-order valence-corrected chi connectivity index (χ1v) is 7.68. The number of rotatable bonds is 10. The van der Waals surface area contributed by atoms with Gasteiger partial charge in [-0.15, -0.1) is 0 Å². The Morgan fingerprint density at radius 2 is 1.78 bits per heavy atom. The Kier molecular flexibility index (Phi) is 5.46. The maximum absolute atomic E-state index is 5.24. The predicted molar refractivity (Wildman–Crippen MR) is 75.8 cm³/mol. The average molecular weight is 254 g/mol. The van der Waals surface area contributed by atoms with E-state index in [9.17, 15) is 0 Å². The molecule has 106 valence electrons. The van der Waals surface area contributed by atoms with Crippen LogP contribution in [0.3, 0.4) is 0 Å². The van der Waals surface area contributed by atoms with Crippen LogP contribution in [0.5, 0.6) is 0 Å². The molecule has 0 bridgehead atoms. The molecule has 3 nitrogen and oxygen atoms in total. The highest BCUT2D eigenvalue weighted by atomic mass is 16.5. The van der Waals surface area contributed by atoms with Crippen LogP contribution in [0.2, 0.25) is 0 Å². The fraction of sp³-hybridized carbons (Fsp3) is 1.00. The van der Waals surface area contributed by atoms with Crippen molar-refractivity contribution in [2.75, 3.05) is 33.4 Å². The molecule has 0 aromatic carbocycles. The minimum Gasteiger partial charge on any atom is -0.383 e. The van der Waals surface area contributed by atoms with Gasteiger partial charge >= 0.3 is 0 Å². The van der Waals surface area contributed by atoms with E-state index in [-0.39, 0.29) is 0 Å². The van der Waals surface area contributed by atoms with Crippen LogP contribution in [0.1, 0.15) is 39.5 Å². The van der Waals surface area contributed by atoms with E-state index in [0.29, 0.717) is 6.04 Å². The van der Waals surface area contributed by atoms with Crippen molar-refractivity contribution in [2.45, 2.75) is 51.6 Å². The molecular formula is C15H30N2O. The van der Waals surface area contributed by atoms with Gasteiger partial charge in [-0.05, 0) is 51.4 Å². The standard InChI is InChI=1S/C15H30N2O/c1-12(14-4-5-14)16-8-9-17(10-11-18-3)13(2)15-6-7-15/h12-16H,4-11H2,1-3H3. The Bertz CT molecular complexity index is 239. The van der Waals surface area contributed by atoms with Crippen molar-refractivity contribution in [3.05, 3.63) is 0 Å². The highest BCUT2D eigenvalue weighted by Gasteiger charge is 2.32. The summed E-state index contributed by atoms with van der Waals surface area (Å²) in [6.07, 6.45) is 5.72. The summed E-state index contributed by atoms with van der Waals surface area (Å²) >= 11 is 0. The van der Waals surface area contributed by atoms with Crippen LogP contribution >= 0.6 is 0 Å². The first-order valence-electron chi connectivity index (χ1n) is 7.68. The monoisotopic (exact) mass is 254 g/mol. The van der Waals surface area contributed by atoms with Crippen molar-refractivity contribution in [3.8, 4) is 0 Å². The summed E-state index contributed by atoms with van der Waals surface area (Å²) in [7, 11) is 1.80. The Morgan fingerprint density at radius 3 is 2.33 bits per heavy atom. The topological polar surface area (TPSA) is 24.5 Å². The average Bonchev–Trinajstić information content (AvgIpc) is 3.22. The van der Waals surface area contributed by atoms with Crippen molar-refractivity contribution in [1.82, 2.24) is 10.2 Å². The van der Waals surface area contributed by atoms with Crippen LogP contribution in [0.15, 0.2) is 0 Å². The summed E-state index contributed by atoms with van der Waals surface area (Å²) in [5.74, 6) is 1.90. The zero-order valence-electron chi connectivity index (χ0n) is 12.3. The lowest BCUT2D eigenvalue weighted by atomic mass is 10.1. The maximum Gasteiger partial charge on any atom is 0.0589 e. The van der Waals surface area contributed by atoms with Gasteiger partial charge in [-0.25, -0.2) is 0 Å². The molecule has 0 aliphatic heterocycles. The SMILES string of the molecule is COCCN(CCNC(C)C1CC1)C(C)C1CC1. The lowest BCUT2D eigenvalue weighted by Gasteiger charge is -2.29. The summed E-state index contributed by atoms with van der Waals surface area (Å²) in [6.45, 7) is 8.94. The highest BCUT2D eigenvalue weighted by molar-refractivity contribution is 4.86. The molecule has 0 aromatic rings. The molecule has 0 amide bonds. The zero-order valence-corrected chi connectivity index (χ0v) is 12.3. The van der Waals surface area contributed by atoms with Crippen LogP contribution in [0.4, 0.5) is 0 Å². The molecule has 2 unspecified atom stereocenters. The van der Waals surface area contributed by atoms with Gasteiger partial charge in [0.2, 0.25) is 0 Å². The second kappa shape index (κ2) is 6.88. The number of ether oxygens (including phenoxy) is 1. The van der Waals surface area contributed by atoms with Crippen molar-refractivity contribution >= 4 is 0 Å². The smallest absolute Gasteiger partial charge is 0.0589 e. The number of nitrogens with one attached hydrogen (secondary N) is 1. The maximum atomic E-state index is 5.24. The molecule has 2 rings (SSSR count). The van der Waals surface area contributed by atoms with Gasteiger partial charge in [-0.3, -0.25) is 4.90 Å². The number of hydrogen-bond acceptors (Lipinski definition) is 3. The molecule has 2 fully saturated rings. The summed E-state index contributed by atoms with van der Waals surface area (Å²) in [6, 6.07) is 1.45. The van der Waals surface area contributed by atoms with Gasteiger partial charge in [-0.1, -0.05) is 0 Å². The first-order chi connectivity index (χ1) is 8.72. The molecule has 18 heavy (non-hydrogen) atoms. The number of hydrogen-bond donors (Lipinski definition) is 1. The lowest BCUT2D eigenvalue weighted by Crippen LogP contribution is -2.43. The second-order valence-electron chi connectivity index (χ2n) is 6.19. The van der Waals surface area contributed by atoms with Crippen LogP contribution in [0.25, 0.3) is 0 Å². The zero-order chi connectivity index (χ0) is 13.0. The van der Waals surface area contributed by atoms with Crippen LogP contribution in [-0.2, 0) is 4.74 Å². The van der Waals surface area contributed by atoms with Gasteiger partial charge in [0, 0.05) is 38.8 Å². The molecule has 0 saturated heterocycles. The van der Waals surface area contributed by atoms with Gasteiger partial charge in [0.15, 0.2) is 0 Å². The Labute approximate surface area is 112 Å².